The summed E-state index contributed by atoms with van der Waals surface area (Å²) in [5.74, 6) is 3.22. The maximum Gasteiger partial charge on any atom is 0.231 e. The Balaban J connectivity index is 1.19. The molecule has 3 heterocycles. The first-order valence-corrected chi connectivity index (χ1v) is 9.23. The number of nitrogens with one attached hydrogen (secondary N) is 1. The number of rotatable bonds is 6. The van der Waals surface area contributed by atoms with Crippen LogP contribution in [0.4, 0.5) is 5.82 Å². The third-order valence-corrected chi connectivity index (χ3v) is 4.84. The Morgan fingerprint density at radius 2 is 1.96 bits per heavy atom. The number of aryl methyl sites for hydroxylation is 1. The summed E-state index contributed by atoms with van der Waals surface area (Å²) in [6.07, 6.45) is 0.452. The van der Waals surface area contributed by atoms with E-state index >= 15 is 0 Å². The molecule has 1 N–H and O–H groups in total. The average Bonchev–Trinajstić information content (AvgIpc) is 3.30. The summed E-state index contributed by atoms with van der Waals surface area (Å²) in [5, 5.41) is 6.97. The number of nitrogens with zero attached hydrogens (tertiary/aromatic N) is 3. The van der Waals surface area contributed by atoms with Crippen LogP contribution in [0.5, 0.6) is 11.5 Å². The fraction of sp³-hybridized carbons (Fsp3) is 0.474. The number of carbonyl (C=O) groups excluding carboxylic acids is 1. The van der Waals surface area contributed by atoms with Gasteiger partial charge in [-0.2, -0.15) is 0 Å². The van der Waals surface area contributed by atoms with Gasteiger partial charge in [0.2, 0.25) is 12.7 Å². The summed E-state index contributed by atoms with van der Waals surface area (Å²) >= 11 is 0. The first-order valence-electron chi connectivity index (χ1n) is 9.23. The molecule has 8 heteroatoms. The van der Waals surface area contributed by atoms with Crippen LogP contribution < -0.4 is 14.8 Å². The highest BCUT2D eigenvalue weighted by molar-refractivity contribution is 5.76. The summed E-state index contributed by atoms with van der Waals surface area (Å²) in [5.41, 5.74) is 1.20. The number of fused-ring (bicyclic) bond motifs is 1. The van der Waals surface area contributed by atoms with Gasteiger partial charge in [0, 0.05) is 51.8 Å². The van der Waals surface area contributed by atoms with E-state index in [1.54, 1.807) is 0 Å². The van der Waals surface area contributed by atoms with Crippen molar-refractivity contribution >= 4 is 11.7 Å². The van der Waals surface area contributed by atoms with E-state index in [-0.39, 0.29) is 5.91 Å². The smallest absolute Gasteiger partial charge is 0.231 e. The van der Waals surface area contributed by atoms with Gasteiger partial charge in [0.1, 0.15) is 5.76 Å². The highest BCUT2D eigenvalue weighted by Crippen LogP contribution is 2.32. The second-order valence-electron chi connectivity index (χ2n) is 6.84. The molecule has 144 valence electrons. The van der Waals surface area contributed by atoms with E-state index in [9.17, 15) is 4.79 Å². The Bertz CT molecular complexity index is 799. The molecule has 0 radical (unpaired) electrons. The van der Waals surface area contributed by atoms with Crippen LogP contribution in [0.15, 0.2) is 28.8 Å². The first-order chi connectivity index (χ1) is 13.2. The van der Waals surface area contributed by atoms with E-state index < -0.39 is 0 Å². The zero-order valence-electron chi connectivity index (χ0n) is 15.4. The lowest BCUT2D eigenvalue weighted by Crippen LogP contribution is -2.48. The molecule has 1 aromatic carbocycles. The molecular weight excluding hydrogens is 348 g/mol. The van der Waals surface area contributed by atoms with Crippen molar-refractivity contribution in [1.82, 2.24) is 15.0 Å². The van der Waals surface area contributed by atoms with Crippen LogP contribution in [0.25, 0.3) is 0 Å². The van der Waals surface area contributed by atoms with Crippen LogP contribution in [-0.4, -0.2) is 60.4 Å². The summed E-state index contributed by atoms with van der Waals surface area (Å²) in [6, 6.07) is 7.89. The number of hydrogen-bond donors (Lipinski definition) is 1. The molecule has 1 aromatic heterocycles. The van der Waals surface area contributed by atoms with E-state index in [1.165, 1.54) is 5.56 Å². The van der Waals surface area contributed by atoms with E-state index in [0.717, 1.165) is 50.0 Å². The first kappa shape index (κ1) is 17.7. The molecule has 1 saturated heterocycles. The Hall–Kier alpha value is -2.74. The zero-order valence-corrected chi connectivity index (χ0v) is 15.4. The van der Waals surface area contributed by atoms with Crippen molar-refractivity contribution in [3.63, 3.8) is 0 Å². The number of benzene rings is 1. The number of amides is 1. The molecule has 0 spiro atoms. The Morgan fingerprint density at radius 3 is 2.74 bits per heavy atom. The Kier molecular flexibility index (Phi) is 5.15. The molecule has 4 rings (SSSR count). The van der Waals surface area contributed by atoms with Crippen LogP contribution in [0, 0.1) is 6.92 Å². The van der Waals surface area contributed by atoms with Gasteiger partial charge in [-0.15, -0.1) is 0 Å². The summed E-state index contributed by atoms with van der Waals surface area (Å²) in [7, 11) is 0. The van der Waals surface area contributed by atoms with Crippen molar-refractivity contribution in [1.29, 1.82) is 0 Å². The lowest BCUT2D eigenvalue weighted by Gasteiger charge is -2.34. The van der Waals surface area contributed by atoms with Crippen LogP contribution in [0.2, 0.25) is 0 Å². The number of aromatic nitrogens is 1. The van der Waals surface area contributed by atoms with Gasteiger partial charge in [-0.05, 0) is 24.6 Å². The van der Waals surface area contributed by atoms with Gasteiger partial charge in [-0.3, -0.25) is 9.69 Å². The summed E-state index contributed by atoms with van der Waals surface area (Å²) < 4.78 is 15.8. The van der Waals surface area contributed by atoms with E-state index in [4.69, 9.17) is 14.0 Å². The number of anilines is 1. The van der Waals surface area contributed by atoms with Crippen LogP contribution in [-0.2, 0) is 11.3 Å². The lowest BCUT2D eigenvalue weighted by molar-refractivity contribution is -0.132. The topological polar surface area (TPSA) is 80.1 Å². The molecule has 1 amide bonds. The fourth-order valence-electron chi connectivity index (χ4n) is 3.36. The molecule has 2 aliphatic rings. The third-order valence-electron chi connectivity index (χ3n) is 4.84. The minimum atomic E-state index is 0.172. The largest absolute Gasteiger partial charge is 0.454 e. The van der Waals surface area contributed by atoms with Crippen LogP contribution in [0.3, 0.4) is 0 Å². The molecule has 2 aromatic rings. The van der Waals surface area contributed by atoms with Gasteiger partial charge in [-0.25, -0.2) is 0 Å². The second-order valence-corrected chi connectivity index (χ2v) is 6.84. The molecule has 0 unspecified atom stereocenters. The van der Waals surface area contributed by atoms with Gasteiger partial charge in [0.15, 0.2) is 17.3 Å². The van der Waals surface area contributed by atoms with Crippen molar-refractivity contribution in [3.8, 4) is 11.5 Å². The van der Waals surface area contributed by atoms with Crippen LogP contribution in [0.1, 0.15) is 17.7 Å². The molecule has 2 aliphatic heterocycles. The summed E-state index contributed by atoms with van der Waals surface area (Å²) in [4.78, 5) is 16.7. The van der Waals surface area contributed by atoms with Gasteiger partial charge in [-0.1, -0.05) is 11.2 Å². The number of ether oxygens (including phenoxy) is 2. The van der Waals surface area contributed by atoms with E-state index in [0.29, 0.717) is 25.6 Å². The molecule has 0 aliphatic carbocycles. The molecule has 0 bridgehead atoms. The quantitative estimate of drug-likeness (QED) is 0.829. The molecule has 8 nitrogen and oxygen atoms in total. The maximum atomic E-state index is 12.4. The second kappa shape index (κ2) is 7.87. The Labute approximate surface area is 158 Å². The molecular formula is C19H24N4O4. The molecule has 1 fully saturated rings. The van der Waals surface area contributed by atoms with Crippen molar-refractivity contribution < 1.29 is 18.8 Å². The minimum absolute atomic E-state index is 0.172. The third kappa shape index (κ3) is 4.33. The average molecular weight is 372 g/mol. The molecule has 27 heavy (non-hydrogen) atoms. The van der Waals surface area contributed by atoms with Crippen molar-refractivity contribution in [2.24, 2.45) is 0 Å². The SMILES string of the molecule is Cc1cc(NCCC(=O)N2CCN(Cc3ccc4c(c3)OCO4)CC2)no1. The lowest BCUT2D eigenvalue weighted by atomic mass is 10.1. The van der Waals surface area contributed by atoms with E-state index in [1.807, 2.05) is 30.0 Å². The van der Waals surface area contributed by atoms with Gasteiger partial charge in [0.25, 0.3) is 0 Å². The Morgan fingerprint density at radius 1 is 1.15 bits per heavy atom. The van der Waals surface area contributed by atoms with Crippen LogP contribution >= 0.6 is 0 Å². The van der Waals surface area contributed by atoms with E-state index in [2.05, 4.69) is 21.4 Å². The summed E-state index contributed by atoms with van der Waals surface area (Å²) in [6.45, 7) is 6.80. The predicted molar refractivity (Wildman–Crippen MR) is 98.8 cm³/mol. The van der Waals surface area contributed by atoms with Gasteiger partial charge in [0.05, 0.1) is 0 Å². The number of piperazine rings is 1. The normalized spacial score (nSPS) is 16.6. The van der Waals surface area contributed by atoms with Crippen molar-refractivity contribution in [3.05, 3.63) is 35.6 Å². The molecule has 0 saturated carbocycles. The molecule has 0 atom stereocenters. The standard InChI is InChI=1S/C19H24N4O4/c1-14-10-18(21-27-14)20-5-4-19(24)23-8-6-22(7-9-23)12-15-2-3-16-17(11-15)26-13-25-16/h2-3,10-11H,4-9,12-13H2,1H3,(H,20,21). The van der Waals surface area contributed by atoms with Crippen molar-refractivity contribution in [2.45, 2.75) is 19.9 Å². The monoisotopic (exact) mass is 372 g/mol. The number of carbonyl (C=O) groups is 1. The number of hydrogen-bond acceptors (Lipinski definition) is 7. The highest BCUT2D eigenvalue weighted by atomic mass is 16.7. The predicted octanol–water partition coefficient (Wildman–Crippen LogP) is 1.86. The highest BCUT2D eigenvalue weighted by Gasteiger charge is 2.21. The van der Waals surface area contributed by atoms with Gasteiger partial charge < -0.3 is 24.2 Å². The maximum absolute atomic E-state index is 12.4. The fourth-order valence-corrected chi connectivity index (χ4v) is 3.36. The minimum Gasteiger partial charge on any atom is -0.454 e. The van der Waals surface area contributed by atoms with Gasteiger partial charge >= 0.3 is 0 Å². The zero-order chi connectivity index (χ0) is 18.6. The van der Waals surface area contributed by atoms with Crippen molar-refractivity contribution in [2.75, 3.05) is 44.8 Å².